The van der Waals surface area contributed by atoms with Gasteiger partial charge >= 0.3 is 0 Å². The van der Waals surface area contributed by atoms with Crippen LogP contribution >= 0.6 is 0 Å². The van der Waals surface area contributed by atoms with Crippen molar-refractivity contribution < 1.29 is 9.53 Å². The largest absolute Gasteiger partial charge is 0.492 e. The summed E-state index contributed by atoms with van der Waals surface area (Å²) in [4.78, 5) is 17.3. The molecule has 0 spiro atoms. The molecule has 0 aliphatic carbocycles. The summed E-state index contributed by atoms with van der Waals surface area (Å²) in [5.74, 6) is 2.12. The average Bonchev–Trinajstić information content (AvgIpc) is 3.20. The zero-order valence-corrected chi connectivity index (χ0v) is 19.5. The van der Waals surface area contributed by atoms with Crippen LogP contribution in [0.5, 0.6) is 5.75 Å². The van der Waals surface area contributed by atoms with Gasteiger partial charge in [-0.2, -0.15) is 0 Å². The highest BCUT2D eigenvalue weighted by atomic mass is 16.5. The molecule has 0 saturated heterocycles. The molecule has 3 aromatic carbocycles. The number of nitrogens with zero attached hydrogens (tertiary/aromatic N) is 2. The van der Waals surface area contributed by atoms with E-state index in [0.29, 0.717) is 31.2 Å². The van der Waals surface area contributed by atoms with E-state index in [1.54, 1.807) is 0 Å². The minimum absolute atomic E-state index is 0.105. The SMILES string of the molecule is CCC(C)c1ccc(OCCn2c(CNC(=O)c3ccc(C)cc3)nc3ccccc32)cc1. The van der Waals surface area contributed by atoms with Gasteiger partial charge in [-0.15, -0.1) is 0 Å². The molecule has 1 aromatic heterocycles. The van der Waals surface area contributed by atoms with Gasteiger partial charge in [0.15, 0.2) is 0 Å². The first-order valence-electron chi connectivity index (χ1n) is 11.6. The van der Waals surface area contributed by atoms with Crippen molar-refractivity contribution in [3.05, 3.63) is 95.3 Å². The first-order valence-corrected chi connectivity index (χ1v) is 11.6. The average molecular weight is 442 g/mol. The molecule has 5 heteroatoms. The summed E-state index contributed by atoms with van der Waals surface area (Å²) in [5.41, 5.74) is 5.05. The molecule has 4 aromatic rings. The monoisotopic (exact) mass is 441 g/mol. The molecular weight excluding hydrogens is 410 g/mol. The second kappa shape index (κ2) is 10.3. The Kier molecular flexibility index (Phi) is 7.08. The normalized spacial score (nSPS) is 12.0. The van der Waals surface area contributed by atoms with Crippen LogP contribution in [0.1, 0.15) is 53.5 Å². The molecule has 5 nitrogen and oxygen atoms in total. The molecule has 1 atom stereocenters. The molecule has 0 radical (unpaired) electrons. The molecule has 1 N–H and O–H groups in total. The molecule has 170 valence electrons. The molecule has 0 aliphatic rings. The lowest BCUT2D eigenvalue weighted by Gasteiger charge is -2.13. The lowest BCUT2D eigenvalue weighted by molar-refractivity contribution is 0.0949. The van der Waals surface area contributed by atoms with Crippen LogP contribution in [-0.4, -0.2) is 22.1 Å². The third-order valence-electron chi connectivity index (χ3n) is 6.10. The molecular formula is C28H31N3O2. The van der Waals surface area contributed by atoms with Gasteiger partial charge in [0.25, 0.3) is 5.91 Å². The lowest BCUT2D eigenvalue weighted by atomic mass is 9.99. The Balaban J connectivity index is 1.43. The van der Waals surface area contributed by atoms with Crippen LogP contribution < -0.4 is 10.1 Å². The molecule has 0 fully saturated rings. The van der Waals surface area contributed by atoms with Gasteiger partial charge in [0.1, 0.15) is 18.2 Å². The van der Waals surface area contributed by atoms with E-state index >= 15 is 0 Å². The number of hydrogen-bond donors (Lipinski definition) is 1. The predicted octanol–water partition coefficient (Wildman–Crippen LogP) is 5.87. The molecule has 0 aliphatic heterocycles. The fourth-order valence-corrected chi connectivity index (χ4v) is 3.86. The van der Waals surface area contributed by atoms with Crippen molar-refractivity contribution in [1.82, 2.24) is 14.9 Å². The summed E-state index contributed by atoms with van der Waals surface area (Å²) in [7, 11) is 0. The van der Waals surface area contributed by atoms with E-state index in [-0.39, 0.29) is 5.91 Å². The van der Waals surface area contributed by atoms with Crippen molar-refractivity contribution in [1.29, 1.82) is 0 Å². The number of ether oxygens (including phenoxy) is 1. The highest BCUT2D eigenvalue weighted by Crippen LogP contribution is 2.22. The summed E-state index contributed by atoms with van der Waals surface area (Å²) in [6, 6.07) is 23.9. The summed E-state index contributed by atoms with van der Waals surface area (Å²) in [5, 5.41) is 3.00. The molecule has 4 rings (SSSR count). The van der Waals surface area contributed by atoms with Crippen LogP contribution in [0, 0.1) is 6.92 Å². The van der Waals surface area contributed by atoms with Crippen molar-refractivity contribution in [2.75, 3.05) is 6.61 Å². The molecule has 0 bridgehead atoms. The summed E-state index contributed by atoms with van der Waals surface area (Å²) < 4.78 is 8.15. The van der Waals surface area contributed by atoms with Gasteiger partial charge in [0.05, 0.1) is 24.1 Å². The number of amides is 1. The Morgan fingerprint density at radius 3 is 2.48 bits per heavy atom. The van der Waals surface area contributed by atoms with E-state index in [2.05, 4.69) is 41.9 Å². The van der Waals surface area contributed by atoms with Gasteiger partial charge < -0.3 is 14.6 Å². The van der Waals surface area contributed by atoms with Crippen LogP contribution in [-0.2, 0) is 13.1 Å². The number of nitrogens with one attached hydrogen (secondary N) is 1. The maximum absolute atomic E-state index is 12.6. The first-order chi connectivity index (χ1) is 16.0. The minimum atomic E-state index is -0.105. The zero-order chi connectivity index (χ0) is 23.2. The van der Waals surface area contributed by atoms with Crippen LogP contribution in [0.2, 0.25) is 0 Å². The number of hydrogen-bond acceptors (Lipinski definition) is 3. The fourth-order valence-electron chi connectivity index (χ4n) is 3.86. The number of imidazole rings is 1. The van der Waals surface area contributed by atoms with Crippen molar-refractivity contribution in [2.24, 2.45) is 0 Å². The maximum atomic E-state index is 12.6. The maximum Gasteiger partial charge on any atom is 0.251 e. The van der Waals surface area contributed by atoms with E-state index < -0.39 is 0 Å². The Hall–Kier alpha value is -3.60. The van der Waals surface area contributed by atoms with Gasteiger partial charge in [-0.25, -0.2) is 4.98 Å². The van der Waals surface area contributed by atoms with Crippen LogP contribution in [0.4, 0.5) is 0 Å². The van der Waals surface area contributed by atoms with Gasteiger partial charge in [0, 0.05) is 5.56 Å². The smallest absolute Gasteiger partial charge is 0.251 e. The zero-order valence-electron chi connectivity index (χ0n) is 19.5. The third kappa shape index (κ3) is 5.43. The summed E-state index contributed by atoms with van der Waals surface area (Å²) in [6.45, 7) is 7.95. The van der Waals surface area contributed by atoms with Gasteiger partial charge in [-0.3, -0.25) is 4.79 Å². The molecule has 0 saturated carbocycles. The third-order valence-corrected chi connectivity index (χ3v) is 6.10. The van der Waals surface area contributed by atoms with Crippen LogP contribution in [0.15, 0.2) is 72.8 Å². The Bertz CT molecular complexity index is 1210. The van der Waals surface area contributed by atoms with Gasteiger partial charge in [0.2, 0.25) is 0 Å². The highest BCUT2D eigenvalue weighted by Gasteiger charge is 2.13. The van der Waals surface area contributed by atoms with E-state index in [1.807, 2.05) is 61.5 Å². The predicted molar refractivity (Wildman–Crippen MR) is 133 cm³/mol. The summed E-state index contributed by atoms with van der Waals surface area (Å²) >= 11 is 0. The number of fused-ring (bicyclic) bond motifs is 1. The van der Waals surface area contributed by atoms with E-state index in [0.717, 1.165) is 34.6 Å². The Labute approximate surface area is 195 Å². The number of para-hydroxylation sites is 2. The van der Waals surface area contributed by atoms with E-state index in [9.17, 15) is 4.79 Å². The topological polar surface area (TPSA) is 56.1 Å². The number of aryl methyl sites for hydroxylation is 1. The number of aromatic nitrogens is 2. The Morgan fingerprint density at radius 2 is 1.76 bits per heavy atom. The molecule has 33 heavy (non-hydrogen) atoms. The summed E-state index contributed by atoms with van der Waals surface area (Å²) in [6.07, 6.45) is 1.12. The van der Waals surface area contributed by atoms with Crippen LogP contribution in [0.25, 0.3) is 11.0 Å². The highest BCUT2D eigenvalue weighted by molar-refractivity contribution is 5.94. The molecule has 1 amide bonds. The molecule has 1 unspecified atom stereocenters. The quantitative estimate of drug-likeness (QED) is 0.354. The van der Waals surface area contributed by atoms with E-state index in [1.165, 1.54) is 5.56 Å². The van der Waals surface area contributed by atoms with E-state index in [4.69, 9.17) is 9.72 Å². The number of benzene rings is 3. The van der Waals surface area contributed by atoms with Gasteiger partial charge in [-0.1, -0.05) is 55.8 Å². The van der Waals surface area contributed by atoms with Crippen LogP contribution in [0.3, 0.4) is 0 Å². The second-order valence-corrected chi connectivity index (χ2v) is 8.44. The van der Waals surface area contributed by atoms with Crippen molar-refractivity contribution in [3.63, 3.8) is 0 Å². The second-order valence-electron chi connectivity index (χ2n) is 8.44. The van der Waals surface area contributed by atoms with Crippen molar-refractivity contribution in [3.8, 4) is 5.75 Å². The number of rotatable bonds is 9. The minimum Gasteiger partial charge on any atom is -0.492 e. The van der Waals surface area contributed by atoms with Crippen molar-refractivity contribution in [2.45, 2.75) is 46.2 Å². The first kappa shape index (κ1) is 22.6. The van der Waals surface area contributed by atoms with Crippen molar-refractivity contribution >= 4 is 16.9 Å². The lowest BCUT2D eigenvalue weighted by Crippen LogP contribution is -2.25. The fraction of sp³-hybridized carbons (Fsp3) is 0.286. The van der Waals surface area contributed by atoms with Gasteiger partial charge in [-0.05, 0) is 61.2 Å². The number of carbonyl (C=O) groups is 1. The Morgan fingerprint density at radius 1 is 1.03 bits per heavy atom. The molecule has 1 heterocycles. The standard InChI is InChI=1S/C28H31N3O2/c1-4-21(3)22-13-15-24(16-14-22)33-18-17-31-26-8-6-5-7-25(26)30-27(31)19-29-28(32)23-11-9-20(2)10-12-23/h5-16,21H,4,17-19H2,1-3H3,(H,29,32). The number of carbonyl (C=O) groups excluding carboxylic acids is 1.